The molecule has 0 aliphatic heterocycles. The predicted octanol–water partition coefficient (Wildman–Crippen LogP) is 2.30. The van der Waals surface area contributed by atoms with Crippen molar-refractivity contribution in [3.05, 3.63) is 18.2 Å². The fraction of sp³-hybridized carbons (Fsp3) is 0.800. The number of hydrogen-bond acceptors (Lipinski definition) is 8. The minimum Gasteiger partial charge on any atom is -0.726 e. The molecule has 0 aliphatic rings. The molecule has 0 radical (unpaired) electrons. The lowest BCUT2D eigenvalue weighted by Gasteiger charge is -2.26. The monoisotopic (exact) mass is 466 g/mol. The summed E-state index contributed by atoms with van der Waals surface area (Å²) in [6.45, 7) is 8.16. The van der Waals surface area contributed by atoms with Gasteiger partial charge in [0.05, 0.1) is 26.9 Å². The summed E-state index contributed by atoms with van der Waals surface area (Å²) in [6.07, 6.45) is 9.76. The number of aryl methyl sites for hydroxylation is 1. The summed E-state index contributed by atoms with van der Waals surface area (Å²) in [4.78, 5) is 12.1. The topological polar surface area (TPSA) is 120 Å². The first-order valence-electron chi connectivity index (χ1n) is 10.6. The van der Waals surface area contributed by atoms with Crippen LogP contribution in [0, 0.1) is 6.92 Å². The molecule has 0 N–H and O–H groups in total. The van der Waals surface area contributed by atoms with E-state index in [-0.39, 0.29) is 13.2 Å². The van der Waals surface area contributed by atoms with Gasteiger partial charge < -0.3 is 18.8 Å². The van der Waals surface area contributed by atoms with Gasteiger partial charge in [-0.05, 0) is 20.3 Å². The number of methoxy groups -OCH3 is 1. The summed E-state index contributed by atoms with van der Waals surface area (Å²) in [5, 5.41) is 0. The van der Waals surface area contributed by atoms with E-state index in [1.54, 1.807) is 24.6 Å². The van der Waals surface area contributed by atoms with Crippen LogP contribution in [0.4, 0.5) is 0 Å². The molecule has 1 aromatic heterocycles. The summed E-state index contributed by atoms with van der Waals surface area (Å²) < 4.78 is 53.4. The Morgan fingerprint density at radius 2 is 1.74 bits per heavy atom. The molecule has 0 amide bonds. The van der Waals surface area contributed by atoms with E-state index in [2.05, 4.69) is 11.1 Å². The van der Waals surface area contributed by atoms with E-state index < -0.39 is 22.3 Å². The second-order valence-electron chi connectivity index (χ2n) is 6.76. The number of nitrogens with zero attached hydrogens (tertiary/aromatic N) is 2. The van der Waals surface area contributed by atoms with Gasteiger partial charge in [-0.15, -0.1) is 0 Å². The molecule has 1 unspecified atom stereocenters. The van der Waals surface area contributed by atoms with Crippen molar-refractivity contribution in [3.63, 3.8) is 0 Å². The lowest BCUT2D eigenvalue weighted by atomic mass is 10.1. The van der Waals surface area contributed by atoms with Crippen molar-refractivity contribution in [2.45, 2.75) is 72.1 Å². The Morgan fingerprint density at radius 1 is 1.13 bits per heavy atom. The number of hydrogen-bond donors (Lipinski definition) is 0. The van der Waals surface area contributed by atoms with Gasteiger partial charge in [0.15, 0.2) is 0 Å². The number of imidazole rings is 1. The Labute approximate surface area is 186 Å². The van der Waals surface area contributed by atoms with Crippen LogP contribution in [0.15, 0.2) is 12.4 Å². The van der Waals surface area contributed by atoms with Gasteiger partial charge in [0.1, 0.15) is 12.4 Å². The SMILES string of the molecule is CCCCCCCCOS(=O)(=O)[O-].CCOC(=O)C(OC)(OCC)n1cc[n+](C)c1C. The number of esters is 1. The Morgan fingerprint density at radius 3 is 2.19 bits per heavy atom. The third-order valence-corrected chi connectivity index (χ3v) is 4.95. The Bertz CT molecular complexity index is 736. The van der Waals surface area contributed by atoms with Crippen LogP contribution in [0.1, 0.15) is 65.1 Å². The molecule has 11 heteroatoms. The molecule has 0 bridgehead atoms. The van der Waals surface area contributed by atoms with Gasteiger partial charge in [0, 0.05) is 14.0 Å². The fourth-order valence-corrected chi connectivity index (χ4v) is 3.11. The predicted molar refractivity (Wildman–Crippen MR) is 113 cm³/mol. The van der Waals surface area contributed by atoms with Crippen molar-refractivity contribution in [2.75, 3.05) is 26.9 Å². The zero-order valence-electron chi connectivity index (χ0n) is 19.6. The largest absolute Gasteiger partial charge is 0.726 e. The standard InChI is InChI=1S/C12H21N2O4.C8H18O4S/c1-6-17-11(15)12(16-5,18-7-2)14-9-8-13(4)10(14)3;1-2-3-4-5-6-7-8-12-13(9,10)11/h8-9H,6-7H2,1-5H3;2-8H2,1H3,(H,9,10,11)/q+1;/p-1. The van der Waals surface area contributed by atoms with Crippen LogP contribution in [0.3, 0.4) is 0 Å². The number of aromatic nitrogens is 2. The number of ether oxygens (including phenoxy) is 3. The Hall–Kier alpha value is -1.53. The quantitative estimate of drug-likeness (QED) is 0.102. The highest BCUT2D eigenvalue weighted by molar-refractivity contribution is 7.80. The smallest absolute Gasteiger partial charge is 0.430 e. The van der Waals surface area contributed by atoms with Crippen LogP contribution in [-0.4, -0.2) is 50.4 Å². The highest BCUT2D eigenvalue weighted by atomic mass is 32.3. The van der Waals surface area contributed by atoms with E-state index >= 15 is 0 Å². The summed E-state index contributed by atoms with van der Waals surface area (Å²) in [5.41, 5.74) is 0. The maximum atomic E-state index is 12.1. The number of unbranched alkanes of at least 4 members (excludes halogenated alkanes) is 5. The van der Waals surface area contributed by atoms with Crippen LogP contribution in [-0.2, 0) is 46.5 Å². The molecular formula is C20H38N2O8S. The first kappa shape index (κ1) is 29.5. The summed E-state index contributed by atoms with van der Waals surface area (Å²) in [6, 6.07) is 0. The first-order valence-corrected chi connectivity index (χ1v) is 11.9. The van der Waals surface area contributed by atoms with Crippen molar-refractivity contribution in [3.8, 4) is 0 Å². The van der Waals surface area contributed by atoms with E-state index in [1.165, 1.54) is 26.4 Å². The zero-order valence-corrected chi connectivity index (χ0v) is 20.4. The molecule has 0 saturated carbocycles. The normalized spacial score (nSPS) is 13.3. The lowest BCUT2D eigenvalue weighted by Crippen LogP contribution is -2.49. The molecule has 0 aromatic carbocycles. The average molecular weight is 467 g/mol. The van der Waals surface area contributed by atoms with Gasteiger partial charge in [-0.25, -0.2) is 17.8 Å². The fourth-order valence-electron chi connectivity index (χ4n) is 2.79. The Balaban J connectivity index is 0.000000615. The maximum Gasteiger partial charge on any atom is 0.430 e. The Kier molecular flexibility index (Phi) is 14.5. The third kappa shape index (κ3) is 10.6. The molecule has 0 aliphatic carbocycles. The molecule has 0 saturated heterocycles. The highest BCUT2D eigenvalue weighted by Crippen LogP contribution is 2.23. The molecule has 1 rings (SSSR count). The second-order valence-corrected chi connectivity index (χ2v) is 7.82. The van der Waals surface area contributed by atoms with E-state index in [9.17, 15) is 17.8 Å². The van der Waals surface area contributed by atoms with Gasteiger partial charge in [-0.1, -0.05) is 39.0 Å². The average Bonchev–Trinajstić information content (AvgIpc) is 3.04. The van der Waals surface area contributed by atoms with Crippen LogP contribution in [0.5, 0.6) is 0 Å². The van der Waals surface area contributed by atoms with E-state index in [0.29, 0.717) is 13.0 Å². The van der Waals surface area contributed by atoms with Crippen LogP contribution >= 0.6 is 0 Å². The third-order valence-electron chi connectivity index (χ3n) is 4.49. The number of carbonyl (C=O) groups is 1. The minimum atomic E-state index is -4.47. The first-order chi connectivity index (χ1) is 14.6. The maximum absolute atomic E-state index is 12.1. The van der Waals surface area contributed by atoms with Gasteiger partial charge in [0.25, 0.3) is 5.82 Å². The molecular weight excluding hydrogens is 428 g/mol. The minimum absolute atomic E-state index is 0.0258. The molecule has 10 nitrogen and oxygen atoms in total. The van der Waals surface area contributed by atoms with Crippen LogP contribution < -0.4 is 4.57 Å². The van der Waals surface area contributed by atoms with Crippen molar-refractivity contribution in [2.24, 2.45) is 7.05 Å². The van der Waals surface area contributed by atoms with Gasteiger partial charge in [0.2, 0.25) is 10.4 Å². The summed E-state index contributed by atoms with van der Waals surface area (Å²) >= 11 is 0. The van der Waals surface area contributed by atoms with E-state index in [4.69, 9.17) is 14.2 Å². The van der Waals surface area contributed by atoms with Crippen molar-refractivity contribution in [1.82, 2.24) is 4.57 Å². The van der Waals surface area contributed by atoms with Gasteiger partial charge in [-0.3, -0.25) is 4.18 Å². The van der Waals surface area contributed by atoms with Crippen molar-refractivity contribution < 1.29 is 40.7 Å². The van der Waals surface area contributed by atoms with Crippen molar-refractivity contribution in [1.29, 1.82) is 0 Å². The highest BCUT2D eigenvalue weighted by Gasteiger charge is 2.50. The van der Waals surface area contributed by atoms with Crippen molar-refractivity contribution >= 4 is 16.4 Å². The molecule has 1 aromatic rings. The van der Waals surface area contributed by atoms with Gasteiger partial charge >= 0.3 is 11.9 Å². The van der Waals surface area contributed by atoms with E-state index in [1.807, 2.05) is 24.7 Å². The number of carbonyl (C=O) groups excluding carboxylic acids is 1. The summed E-state index contributed by atoms with van der Waals surface area (Å²) in [7, 11) is -1.17. The number of rotatable bonds is 14. The molecule has 0 fully saturated rings. The van der Waals surface area contributed by atoms with Gasteiger partial charge in [-0.2, -0.15) is 4.57 Å². The van der Waals surface area contributed by atoms with E-state index in [0.717, 1.165) is 18.7 Å². The van der Waals surface area contributed by atoms with Crippen LogP contribution in [0.25, 0.3) is 0 Å². The van der Waals surface area contributed by atoms with Crippen LogP contribution in [0.2, 0.25) is 0 Å². The molecule has 182 valence electrons. The second kappa shape index (κ2) is 15.3. The zero-order chi connectivity index (χ0) is 23.9. The summed E-state index contributed by atoms with van der Waals surface area (Å²) in [5.74, 6) is -1.30. The lowest BCUT2D eigenvalue weighted by molar-refractivity contribution is -0.678. The molecule has 1 heterocycles. The molecule has 1 atom stereocenters. The molecule has 31 heavy (non-hydrogen) atoms. The molecule has 0 spiro atoms.